The highest BCUT2D eigenvalue weighted by molar-refractivity contribution is 5.76. The van der Waals surface area contributed by atoms with E-state index in [2.05, 4.69) is 10.9 Å². The van der Waals surface area contributed by atoms with Gasteiger partial charge in [-0.2, -0.15) is 0 Å². The summed E-state index contributed by atoms with van der Waals surface area (Å²) in [5.74, 6) is 3.38. The molecule has 2 rings (SSSR count). The maximum absolute atomic E-state index is 12.0. The summed E-state index contributed by atoms with van der Waals surface area (Å²) in [6, 6.07) is 0. The number of amides is 1. The smallest absolute Gasteiger partial charge is 0.225 e. The average Bonchev–Trinajstić information content (AvgIpc) is 2.99. The second-order valence-electron chi connectivity index (χ2n) is 4.47. The first kappa shape index (κ1) is 11.7. The minimum absolute atomic E-state index is 0.142. The van der Waals surface area contributed by atoms with Gasteiger partial charge in [0.25, 0.3) is 0 Å². The summed E-state index contributed by atoms with van der Waals surface area (Å²) in [7, 11) is 0. The van der Waals surface area contributed by atoms with E-state index in [0.717, 1.165) is 6.54 Å². The van der Waals surface area contributed by atoms with E-state index in [-0.39, 0.29) is 5.91 Å². The van der Waals surface area contributed by atoms with Crippen molar-refractivity contribution in [2.75, 3.05) is 13.1 Å². The van der Waals surface area contributed by atoms with E-state index in [1.807, 2.05) is 10.8 Å². The lowest BCUT2D eigenvalue weighted by atomic mass is 10.3. The lowest BCUT2D eigenvalue weighted by molar-refractivity contribution is -0.131. The van der Waals surface area contributed by atoms with Crippen LogP contribution >= 0.6 is 0 Å². The molecule has 1 aliphatic carbocycles. The largest absolute Gasteiger partial charge is 0.337 e. The summed E-state index contributed by atoms with van der Waals surface area (Å²) >= 11 is 0. The Morgan fingerprint density at radius 1 is 1.59 bits per heavy atom. The third-order valence-electron chi connectivity index (χ3n) is 2.95. The molecule has 1 heterocycles. The zero-order chi connectivity index (χ0) is 12.1. The Labute approximate surface area is 102 Å². The van der Waals surface area contributed by atoms with Crippen LogP contribution in [-0.2, 0) is 11.3 Å². The lowest BCUT2D eigenvalue weighted by Crippen LogP contribution is -2.33. The van der Waals surface area contributed by atoms with Crippen molar-refractivity contribution in [3.8, 4) is 12.3 Å². The number of hydrogen-bond donors (Lipinski definition) is 0. The predicted octanol–water partition coefficient (Wildman–Crippen LogP) is 1.14. The Kier molecular flexibility index (Phi) is 3.81. The number of carbonyl (C=O) groups excluding carboxylic acids is 1. The van der Waals surface area contributed by atoms with Gasteiger partial charge in [-0.1, -0.05) is 5.92 Å². The number of aromatic nitrogens is 2. The van der Waals surface area contributed by atoms with Crippen molar-refractivity contribution in [3.05, 3.63) is 18.7 Å². The van der Waals surface area contributed by atoms with Crippen molar-refractivity contribution < 1.29 is 4.79 Å². The number of terminal acetylenes is 1. The molecule has 0 spiro atoms. The number of hydrogen-bond acceptors (Lipinski definition) is 2. The van der Waals surface area contributed by atoms with Crippen molar-refractivity contribution in [1.29, 1.82) is 0 Å². The van der Waals surface area contributed by atoms with Crippen molar-refractivity contribution in [3.63, 3.8) is 0 Å². The van der Waals surface area contributed by atoms with Gasteiger partial charge >= 0.3 is 0 Å². The van der Waals surface area contributed by atoms with Gasteiger partial charge in [0.05, 0.1) is 12.9 Å². The molecule has 0 atom stereocenters. The molecule has 0 unspecified atom stereocenters. The van der Waals surface area contributed by atoms with Crippen molar-refractivity contribution in [1.82, 2.24) is 14.5 Å². The molecule has 90 valence electrons. The van der Waals surface area contributed by atoms with Crippen LogP contribution in [-0.4, -0.2) is 33.4 Å². The normalized spacial score (nSPS) is 14.3. The molecule has 4 heteroatoms. The fourth-order valence-electron chi connectivity index (χ4n) is 1.78. The van der Waals surface area contributed by atoms with Gasteiger partial charge in [-0.3, -0.25) is 4.79 Å². The summed E-state index contributed by atoms with van der Waals surface area (Å²) in [4.78, 5) is 17.7. The molecule has 0 radical (unpaired) electrons. The molecule has 1 amide bonds. The van der Waals surface area contributed by atoms with E-state index in [9.17, 15) is 4.79 Å². The van der Waals surface area contributed by atoms with Crippen molar-refractivity contribution in [2.45, 2.75) is 25.8 Å². The standard InChI is InChI=1S/C13H17N3O/c1-2-7-16(10-12-3-4-12)13(17)5-8-15-9-6-14-11-15/h1,6,9,11-12H,3-5,7-8,10H2. The number of aryl methyl sites for hydroxylation is 1. The van der Waals surface area contributed by atoms with Gasteiger partial charge in [0.1, 0.15) is 0 Å². The lowest BCUT2D eigenvalue weighted by Gasteiger charge is -2.20. The summed E-state index contributed by atoms with van der Waals surface area (Å²) < 4.78 is 1.91. The topological polar surface area (TPSA) is 38.1 Å². The van der Waals surface area contributed by atoms with Gasteiger partial charge < -0.3 is 9.47 Å². The number of carbonyl (C=O) groups is 1. The average molecular weight is 231 g/mol. The first-order valence-electron chi connectivity index (χ1n) is 5.96. The van der Waals surface area contributed by atoms with Crippen LogP contribution in [0.15, 0.2) is 18.7 Å². The Hall–Kier alpha value is -1.76. The molecule has 0 aliphatic heterocycles. The summed E-state index contributed by atoms with van der Waals surface area (Å²) in [5, 5.41) is 0. The van der Waals surface area contributed by atoms with Crippen LogP contribution in [0, 0.1) is 18.3 Å². The highest BCUT2D eigenvalue weighted by Gasteiger charge is 2.26. The van der Waals surface area contributed by atoms with Crippen LogP contribution in [0.2, 0.25) is 0 Å². The molecule has 1 fully saturated rings. The zero-order valence-corrected chi connectivity index (χ0v) is 9.88. The van der Waals surface area contributed by atoms with E-state index in [4.69, 9.17) is 6.42 Å². The zero-order valence-electron chi connectivity index (χ0n) is 9.88. The van der Waals surface area contributed by atoms with Crippen LogP contribution < -0.4 is 0 Å². The minimum atomic E-state index is 0.142. The molecule has 1 saturated carbocycles. The summed E-state index contributed by atoms with van der Waals surface area (Å²) in [6.07, 6.45) is 13.5. The first-order valence-corrected chi connectivity index (χ1v) is 5.96. The molecular formula is C13H17N3O. The third-order valence-corrected chi connectivity index (χ3v) is 2.95. The van der Waals surface area contributed by atoms with Crippen molar-refractivity contribution >= 4 is 5.91 Å². The monoisotopic (exact) mass is 231 g/mol. The number of rotatable bonds is 6. The quantitative estimate of drug-likeness (QED) is 0.689. The molecule has 1 aliphatic rings. The fourth-order valence-corrected chi connectivity index (χ4v) is 1.78. The van der Waals surface area contributed by atoms with Gasteiger partial charge in [-0.15, -0.1) is 6.42 Å². The summed E-state index contributed by atoms with van der Waals surface area (Å²) in [5.41, 5.74) is 0. The highest BCUT2D eigenvalue weighted by Crippen LogP contribution is 2.29. The van der Waals surface area contributed by atoms with Gasteiger partial charge in [-0.05, 0) is 18.8 Å². The second kappa shape index (κ2) is 5.53. The van der Waals surface area contributed by atoms with Gasteiger partial charge in [0.15, 0.2) is 0 Å². The number of nitrogens with zero attached hydrogens (tertiary/aromatic N) is 3. The molecule has 1 aromatic heterocycles. The van der Waals surface area contributed by atoms with E-state index in [0.29, 0.717) is 25.4 Å². The van der Waals surface area contributed by atoms with Crippen LogP contribution in [0.1, 0.15) is 19.3 Å². The van der Waals surface area contributed by atoms with E-state index < -0.39 is 0 Å². The molecule has 0 aromatic carbocycles. The predicted molar refractivity (Wildman–Crippen MR) is 65.0 cm³/mol. The maximum Gasteiger partial charge on any atom is 0.225 e. The van der Waals surface area contributed by atoms with Gasteiger partial charge in [0.2, 0.25) is 5.91 Å². The highest BCUT2D eigenvalue weighted by atomic mass is 16.2. The van der Waals surface area contributed by atoms with Crippen molar-refractivity contribution in [2.24, 2.45) is 5.92 Å². The van der Waals surface area contributed by atoms with Crippen LogP contribution in [0.25, 0.3) is 0 Å². The van der Waals surface area contributed by atoms with E-state index in [1.165, 1.54) is 12.8 Å². The Bertz CT molecular complexity index is 401. The molecule has 4 nitrogen and oxygen atoms in total. The van der Waals surface area contributed by atoms with E-state index >= 15 is 0 Å². The Morgan fingerprint density at radius 3 is 3.00 bits per heavy atom. The number of imidazole rings is 1. The Morgan fingerprint density at radius 2 is 2.41 bits per heavy atom. The minimum Gasteiger partial charge on any atom is -0.337 e. The van der Waals surface area contributed by atoms with Crippen LogP contribution in [0.4, 0.5) is 0 Å². The molecule has 17 heavy (non-hydrogen) atoms. The molecule has 0 N–H and O–H groups in total. The summed E-state index contributed by atoms with van der Waals surface area (Å²) in [6.45, 7) is 1.93. The second-order valence-corrected chi connectivity index (χ2v) is 4.47. The molecule has 0 bridgehead atoms. The van der Waals surface area contributed by atoms with E-state index in [1.54, 1.807) is 17.4 Å². The third kappa shape index (κ3) is 3.63. The maximum atomic E-state index is 12.0. The van der Waals surface area contributed by atoms with Gasteiger partial charge in [-0.25, -0.2) is 4.98 Å². The fraction of sp³-hybridized carbons (Fsp3) is 0.538. The Balaban J connectivity index is 1.80. The first-order chi connectivity index (χ1) is 8.29. The van der Waals surface area contributed by atoms with Crippen LogP contribution in [0.3, 0.4) is 0 Å². The molecule has 1 aromatic rings. The van der Waals surface area contributed by atoms with Crippen LogP contribution in [0.5, 0.6) is 0 Å². The van der Waals surface area contributed by atoms with Gasteiger partial charge in [0, 0.05) is 31.9 Å². The molecule has 0 saturated heterocycles. The molecular weight excluding hydrogens is 214 g/mol. The SMILES string of the molecule is C#CCN(CC1CC1)C(=O)CCn1ccnc1.